The Balaban J connectivity index is 1.70. The number of hydrogen-bond donors (Lipinski definition) is 1. The van der Waals surface area contributed by atoms with E-state index < -0.39 is 0 Å². The monoisotopic (exact) mass is 305 g/mol. The standard InChI is InChI=1S/C19H19N3O/c1-2-14-22-17-11-7-6-10-16(17)21-18(22)12-13-20-19(23)15-8-4-3-5-9-15/h2-11H,1,12-14H2,(H,20,23). The van der Waals surface area contributed by atoms with Gasteiger partial charge < -0.3 is 9.88 Å². The largest absolute Gasteiger partial charge is 0.352 e. The van der Waals surface area contributed by atoms with Crippen LogP contribution in [0.2, 0.25) is 0 Å². The fourth-order valence-electron chi connectivity index (χ4n) is 2.63. The number of imidazole rings is 1. The first kappa shape index (κ1) is 15.0. The number of rotatable bonds is 6. The molecule has 116 valence electrons. The number of allylic oxidation sites excluding steroid dienone is 1. The van der Waals surface area contributed by atoms with Gasteiger partial charge in [-0.2, -0.15) is 0 Å². The molecule has 0 fully saturated rings. The van der Waals surface area contributed by atoms with Gasteiger partial charge in [-0.3, -0.25) is 4.79 Å². The number of nitrogens with zero attached hydrogens (tertiary/aromatic N) is 2. The first-order valence-corrected chi connectivity index (χ1v) is 7.68. The van der Waals surface area contributed by atoms with E-state index in [1.165, 1.54) is 0 Å². The lowest BCUT2D eigenvalue weighted by molar-refractivity contribution is 0.0954. The summed E-state index contributed by atoms with van der Waals surface area (Å²) >= 11 is 0. The third-order valence-electron chi connectivity index (χ3n) is 3.72. The summed E-state index contributed by atoms with van der Waals surface area (Å²) in [5.41, 5.74) is 2.74. The molecule has 0 saturated heterocycles. The highest BCUT2D eigenvalue weighted by Gasteiger charge is 2.10. The lowest BCUT2D eigenvalue weighted by atomic mass is 10.2. The van der Waals surface area contributed by atoms with Gasteiger partial charge in [-0.05, 0) is 24.3 Å². The summed E-state index contributed by atoms with van der Waals surface area (Å²) in [5, 5.41) is 2.94. The van der Waals surface area contributed by atoms with Gasteiger partial charge in [-0.1, -0.05) is 36.4 Å². The van der Waals surface area contributed by atoms with E-state index in [0.717, 1.165) is 16.9 Å². The maximum Gasteiger partial charge on any atom is 0.251 e. The highest BCUT2D eigenvalue weighted by molar-refractivity contribution is 5.94. The SMILES string of the molecule is C=CCn1c(CCNC(=O)c2ccccc2)nc2ccccc21. The summed E-state index contributed by atoms with van der Waals surface area (Å²) in [5.74, 6) is 0.899. The lowest BCUT2D eigenvalue weighted by Crippen LogP contribution is -2.26. The van der Waals surface area contributed by atoms with Crippen molar-refractivity contribution < 1.29 is 4.79 Å². The first-order valence-electron chi connectivity index (χ1n) is 7.68. The molecule has 4 heteroatoms. The smallest absolute Gasteiger partial charge is 0.251 e. The minimum Gasteiger partial charge on any atom is -0.352 e. The third kappa shape index (κ3) is 3.31. The molecule has 2 aromatic carbocycles. The van der Waals surface area contributed by atoms with Crippen LogP contribution in [0.1, 0.15) is 16.2 Å². The lowest BCUT2D eigenvalue weighted by Gasteiger charge is -2.08. The minimum absolute atomic E-state index is 0.0584. The summed E-state index contributed by atoms with van der Waals surface area (Å²) < 4.78 is 2.14. The van der Waals surface area contributed by atoms with Crippen molar-refractivity contribution in [2.45, 2.75) is 13.0 Å². The van der Waals surface area contributed by atoms with E-state index in [9.17, 15) is 4.79 Å². The van der Waals surface area contributed by atoms with Gasteiger partial charge in [-0.25, -0.2) is 4.98 Å². The zero-order valence-corrected chi connectivity index (χ0v) is 12.9. The molecular weight excluding hydrogens is 286 g/mol. The Kier molecular flexibility index (Phi) is 4.52. The molecule has 0 radical (unpaired) electrons. The molecule has 4 nitrogen and oxygen atoms in total. The molecular formula is C19H19N3O. The average molecular weight is 305 g/mol. The number of benzene rings is 2. The van der Waals surface area contributed by atoms with E-state index in [2.05, 4.69) is 27.5 Å². The molecule has 0 bridgehead atoms. The zero-order valence-electron chi connectivity index (χ0n) is 12.9. The highest BCUT2D eigenvalue weighted by Crippen LogP contribution is 2.16. The predicted octanol–water partition coefficient (Wildman–Crippen LogP) is 3.19. The van der Waals surface area contributed by atoms with Gasteiger partial charge >= 0.3 is 0 Å². The van der Waals surface area contributed by atoms with Crippen LogP contribution in [0.3, 0.4) is 0 Å². The summed E-state index contributed by atoms with van der Waals surface area (Å²) in [7, 11) is 0. The first-order chi connectivity index (χ1) is 11.3. The predicted molar refractivity (Wildman–Crippen MR) is 92.4 cm³/mol. The topological polar surface area (TPSA) is 46.9 Å². The molecule has 23 heavy (non-hydrogen) atoms. The molecule has 0 spiro atoms. The fraction of sp³-hybridized carbons (Fsp3) is 0.158. The van der Waals surface area contributed by atoms with Crippen LogP contribution in [0.5, 0.6) is 0 Å². The van der Waals surface area contributed by atoms with E-state index in [4.69, 9.17) is 0 Å². The Morgan fingerprint density at radius 3 is 2.65 bits per heavy atom. The second-order valence-electron chi connectivity index (χ2n) is 5.29. The van der Waals surface area contributed by atoms with Crippen LogP contribution in [-0.2, 0) is 13.0 Å². The van der Waals surface area contributed by atoms with Crippen LogP contribution >= 0.6 is 0 Å². The zero-order chi connectivity index (χ0) is 16.1. The Hall–Kier alpha value is -2.88. The van der Waals surface area contributed by atoms with E-state index in [1.807, 2.05) is 54.6 Å². The number of amides is 1. The molecule has 0 atom stereocenters. The Morgan fingerprint density at radius 2 is 1.87 bits per heavy atom. The minimum atomic E-state index is -0.0584. The molecule has 3 rings (SSSR count). The third-order valence-corrected chi connectivity index (χ3v) is 3.72. The van der Waals surface area contributed by atoms with Gasteiger partial charge in [0, 0.05) is 25.1 Å². The molecule has 0 aliphatic rings. The van der Waals surface area contributed by atoms with Gasteiger partial charge in [0.15, 0.2) is 0 Å². The molecule has 0 unspecified atom stereocenters. The highest BCUT2D eigenvalue weighted by atomic mass is 16.1. The van der Waals surface area contributed by atoms with Crippen molar-refractivity contribution in [3.63, 3.8) is 0 Å². The van der Waals surface area contributed by atoms with Crippen LogP contribution in [0.15, 0.2) is 67.3 Å². The van der Waals surface area contributed by atoms with Crippen LogP contribution in [0, 0.1) is 0 Å². The maximum absolute atomic E-state index is 12.1. The van der Waals surface area contributed by atoms with E-state index in [0.29, 0.717) is 25.1 Å². The normalized spacial score (nSPS) is 10.6. The molecule has 1 heterocycles. The molecule has 0 saturated carbocycles. The summed E-state index contributed by atoms with van der Waals surface area (Å²) in [6, 6.07) is 17.3. The molecule has 0 aliphatic carbocycles. The summed E-state index contributed by atoms with van der Waals surface area (Å²) in [6.45, 7) is 5.07. The van der Waals surface area contributed by atoms with Crippen molar-refractivity contribution >= 4 is 16.9 Å². The van der Waals surface area contributed by atoms with E-state index in [1.54, 1.807) is 0 Å². The van der Waals surface area contributed by atoms with Gasteiger partial charge in [0.25, 0.3) is 5.91 Å². The molecule has 0 aliphatic heterocycles. The molecule has 3 aromatic rings. The van der Waals surface area contributed by atoms with Crippen molar-refractivity contribution in [2.75, 3.05) is 6.54 Å². The Bertz CT molecular complexity index is 821. The van der Waals surface area contributed by atoms with Crippen molar-refractivity contribution in [2.24, 2.45) is 0 Å². The summed E-state index contributed by atoms with van der Waals surface area (Å²) in [6.07, 6.45) is 2.54. The fourth-order valence-corrected chi connectivity index (χ4v) is 2.63. The van der Waals surface area contributed by atoms with E-state index >= 15 is 0 Å². The Labute approximate surface area is 135 Å². The second-order valence-corrected chi connectivity index (χ2v) is 5.29. The number of nitrogens with one attached hydrogen (secondary N) is 1. The quantitative estimate of drug-likeness (QED) is 0.711. The van der Waals surface area contributed by atoms with Gasteiger partial charge in [0.1, 0.15) is 5.82 Å². The van der Waals surface area contributed by atoms with Gasteiger partial charge in [0.05, 0.1) is 11.0 Å². The maximum atomic E-state index is 12.1. The molecule has 1 amide bonds. The Morgan fingerprint density at radius 1 is 1.13 bits per heavy atom. The number of fused-ring (bicyclic) bond motifs is 1. The van der Waals surface area contributed by atoms with Gasteiger partial charge in [0.2, 0.25) is 0 Å². The van der Waals surface area contributed by atoms with Crippen molar-refractivity contribution in [3.05, 3.63) is 78.6 Å². The van der Waals surface area contributed by atoms with Crippen molar-refractivity contribution in [1.29, 1.82) is 0 Å². The number of hydrogen-bond acceptors (Lipinski definition) is 2. The average Bonchev–Trinajstić information content (AvgIpc) is 2.94. The number of aromatic nitrogens is 2. The van der Waals surface area contributed by atoms with E-state index in [-0.39, 0.29) is 5.91 Å². The molecule has 1 N–H and O–H groups in total. The number of carbonyl (C=O) groups is 1. The van der Waals surface area contributed by atoms with Crippen LogP contribution < -0.4 is 5.32 Å². The van der Waals surface area contributed by atoms with Crippen LogP contribution in [0.4, 0.5) is 0 Å². The van der Waals surface area contributed by atoms with Gasteiger partial charge in [-0.15, -0.1) is 6.58 Å². The molecule has 1 aromatic heterocycles. The van der Waals surface area contributed by atoms with Crippen LogP contribution in [0.25, 0.3) is 11.0 Å². The second kappa shape index (κ2) is 6.92. The van der Waals surface area contributed by atoms with Crippen LogP contribution in [-0.4, -0.2) is 22.0 Å². The van der Waals surface area contributed by atoms with Crippen molar-refractivity contribution in [3.8, 4) is 0 Å². The summed E-state index contributed by atoms with van der Waals surface area (Å²) in [4.78, 5) is 16.7. The van der Waals surface area contributed by atoms with Crippen molar-refractivity contribution in [1.82, 2.24) is 14.9 Å². The number of carbonyl (C=O) groups excluding carboxylic acids is 1. The number of para-hydroxylation sites is 2.